The van der Waals surface area contributed by atoms with E-state index in [4.69, 9.17) is 0 Å². The van der Waals surface area contributed by atoms with Gasteiger partial charge in [0.1, 0.15) is 0 Å². The number of hydrogen-bond donors (Lipinski definition) is 1. The summed E-state index contributed by atoms with van der Waals surface area (Å²) in [6.45, 7) is 2.20. The molecule has 1 N–H and O–H groups in total. The van der Waals surface area contributed by atoms with Gasteiger partial charge in [0.15, 0.2) is 0 Å². The first-order valence-corrected chi connectivity index (χ1v) is 9.36. The number of benzene rings is 1. The van der Waals surface area contributed by atoms with E-state index in [9.17, 15) is 4.79 Å². The normalized spacial score (nSPS) is 18.9. The summed E-state index contributed by atoms with van der Waals surface area (Å²) >= 11 is 1.70. The zero-order valence-electron chi connectivity index (χ0n) is 13.5. The Balaban J connectivity index is 1.94. The van der Waals surface area contributed by atoms with Gasteiger partial charge in [0.25, 0.3) is 0 Å². The van der Waals surface area contributed by atoms with Crippen molar-refractivity contribution in [3.8, 4) is 0 Å². The summed E-state index contributed by atoms with van der Waals surface area (Å²) in [6.07, 6.45) is 12.2. The Morgan fingerprint density at radius 1 is 1.32 bits per heavy atom. The number of amides is 1. The van der Waals surface area contributed by atoms with Crippen LogP contribution >= 0.6 is 11.8 Å². The fourth-order valence-electron chi connectivity index (χ4n) is 2.69. The molecule has 0 fully saturated rings. The molecule has 1 amide bonds. The van der Waals surface area contributed by atoms with Crippen LogP contribution in [-0.2, 0) is 4.79 Å². The minimum absolute atomic E-state index is 0.0178. The first-order chi connectivity index (χ1) is 10.8. The molecular weight excluding hydrogens is 290 g/mol. The van der Waals surface area contributed by atoms with Crippen LogP contribution in [-0.4, -0.2) is 17.2 Å². The van der Waals surface area contributed by atoms with Gasteiger partial charge >= 0.3 is 0 Å². The summed E-state index contributed by atoms with van der Waals surface area (Å²) in [4.78, 5) is 13.8. The Kier molecular flexibility index (Phi) is 7.58. The lowest BCUT2D eigenvalue weighted by atomic mass is 10.0. The van der Waals surface area contributed by atoms with Crippen molar-refractivity contribution >= 4 is 17.7 Å². The second kappa shape index (κ2) is 9.73. The van der Waals surface area contributed by atoms with Crippen molar-refractivity contribution in [2.45, 2.75) is 68.1 Å². The Hall–Kier alpha value is -1.22. The van der Waals surface area contributed by atoms with Gasteiger partial charge in [-0.3, -0.25) is 4.79 Å². The second-order valence-corrected chi connectivity index (χ2v) is 7.17. The van der Waals surface area contributed by atoms with Crippen LogP contribution in [0.5, 0.6) is 0 Å². The molecule has 120 valence electrons. The molecule has 0 radical (unpaired) electrons. The third kappa shape index (κ3) is 5.88. The predicted molar refractivity (Wildman–Crippen MR) is 95.2 cm³/mol. The molecule has 0 aromatic heterocycles. The Bertz CT molecular complexity index is 472. The van der Waals surface area contributed by atoms with Crippen LogP contribution in [0.3, 0.4) is 0 Å². The van der Waals surface area contributed by atoms with Gasteiger partial charge < -0.3 is 5.32 Å². The number of nitrogens with one attached hydrogen (secondary N) is 1. The van der Waals surface area contributed by atoms with Crippen LogP contribution in [0.25, 0.3) is 0 Å². The maximum atomic E-state index is 12.6. The number of rotatable bonds is 8. The van der Waals surface area contributed by atoms with Crippen molar-refractivity contribution in [2.75, 3.05) is 0 Å². The van der Waals surface area contributed by atoms with Gasteiger partial charge in [0.05, 0.1) is 5.25 Å². The highest BCUT2D eigenvalue weighted by Gasteiger charge is 2.22. The minimum Gasteiger partial charge on any atom is -0.349 e. The van der Waals surface area contributed by atoms with Gasteiger partial charge in [0.2, 0.25) is 5.91 Å². The maximum Gasteiger partial charge on any atom is 0.233 e. The molecule has 0 heterocycles. The molecule has 1 aliphatic rings. The molecule has 2 rings (SSSR count). The highest BCUT2D eigenvalue weighted by molar-refractivity contribution is 8.00. The SMILES string of the molecule is CCCCCC(Sc1ccccc1)C(=O)NC1C=CCCC1. The van der Waals surface area contributed by atoms with Crippen molar-refractivity contribution in [1.29, 1.82) is 0 Å². The molecule has 22 heavy (non-hydrogen) atoms. The van der Waals surface area contributed by atoms with Crippen LogP contribution in [0.4, 0.5) is 0 Å². The average molecular weight is 317 g/mol. The first kappa shape index (κ1) is 17.1. The van der Waals surface area contributed by atoms with Gasteiger partial charge in [-0.2, -0.15) is 0 Å². The van der Waals surface area contributed by atoms with Crippen LogP contribution in [0.15, 0.2) is 47.4 Å². The fraction of sp³-hybridized carbons (Fsp3) is 0.526. The van der Waals surface area contributed by atoms with Gasteiger partial charge in [-0.25, -0.2) is 0 Å². The van der Waals surface area contributed by atoms with Crippen molar-refractivity contribution < 1.29 is 4.79 Å². The lowest BCUT2D eigenvalue weighted by Gasteiger charge is -2.22. The standard InChI is InChI=1S/C19H27NOS/c1-2-3-6-15-18(22-17-13-9-5-10-14-17)19(21)20-16-11-7-4-8-12-16/h5,7,9-11,13-14,16,18H,2-4,6,8,12,15H2,1H3,(H,20,21). The molecular formula is C19H27NOS. The molecule has 0 saturated heterocycles. The number of carbonyl (C=O) groups excluding carboxylic acids is 1. The van der Waals surface area contributed by atoms with Crippen molar-refractivity contribution in [1.82, 2.24) is 5.32 Å². The van der Waals surface area contributed by atoms with Gasteiger partial charge in [-0.1, -0.05) is 56.5 Å². The number of carbonyl (C=O) groups is 1. The molecule has 2 atom stereocenters. The monoisotopic (exact) mass is 317 g/mol. The van der Waals surface area contributed by atoms with E-state index in [1.54, 1.807) is 11.8 Å². The Morgan fingerprint density at radius 2 is 2.14 bits per heavy atom. The van der Waals surface area contributed by atoms with Crippen molar-refractivity contribution in [2.24, 2.45) is 0 Å². The van der Waals surface area contributed by atoms with E-state index in [1.807, 2.05) is 18.2 Å². The van der Waals surface area contributed by atoms with E-state index >= 15 is 0 Å². The van der Waals surface area contributed by atoms with Gasteiger partial charge in [0, 0.05) is 10.9 Å². The molecule has 0 saturated carbocycles. The Morgan fingerprint density at radius 3 is 2.82 bits per heavy atom. The molecule has 0 bridgehead atoms. The van der Waals surface area contributed by atoms with Crippen molar-refractivity contribution in [3.05, 3.63) is 42.5 Å². The zero-order chi connectivity index (χ0) is 15.6. The summed E-state index contributed by atoms with van der Waals surface area (Å²) in [6, 6.07) is 10.5. The zero-order valence-corrected chi connectivity index (χ0v) is 14.3. The van der Waals surface area contributed by atoms with Crippen LogP contribution in [0, 0.1) is 0 Å². The van der Waals surface area contributed by atoms with Crippen molar-refractivity contribution in [3.63, 3.8) is 0 Å². The predicted octanol–water partition coefficient (Wildman–Crippen LogP) is 4.95. The Labute approximate surface area is 138 Å². The fourth-order valence-corrected chi connectivity index (χ4v) is 3.80. The lowest BCUT2D eigenvalue weighted by molar-refractivity contribution is -0.121. The summed E-state index contributed by atoms with van der Waals surface area (Å²) in [5.74, 6) is 0.196. The second-order valence-electron chi connectivity index (χ2n) is 5.89. The number of unbranched alkanes of at least 4 members (excludes halogenated alkanes) is 2. The molecule has 0 aliphatic heterocycles. The quantitative estimate of drug-likeness (QED) is 0.417. The maximum absolute atomic E-state index is 12.6. The third-order valence-electron chi connectivity index (χ3n) is 3.97. The van der Waals surface area contributed by atoms with E-state index in [-0.39, 0.29) is 17.2 Å². The molecule has 1 aromatic rings. The number of allylic oxidation sites excluding steroid dienone is 1. The van der Waals surface area contributed by atoms with E-state index in [1.165, 1.54) is 24.2 Å². The minimum atomic E-state index is 0.0178. The van der Waals surface area contributed by atoms with Crippen LogP contribution in [0.1, 0.15) is 51.9 Å². The summed E-state index contributed by atoms with van der Waals surface area (Å²) in [7, 11) is 0. The average Bonchev–Trinajstić information content (AvgIpc) is 2.56. The molecule has 2 nitrogen and oxygen atoms in total. The van der Waals surface area contributed by atoms with Gasteiger partial charge in [-0.05, 0) is 37.8 Å². The van der Waals surface area contributed by atoms with E-state index in [0.29, 0.717) is 0 Å². The van der Waals surface area contributed by atoms with E-state index < -0.39 is 0 Å². The largest absolute Gasteiger partial charge is 0.349 e. The molecule has 2 unspecified atom stereocenters. The topological polar surface area (TPSA) is 29.1 Å². The molecule has 1 aromatic carbocycles. The van der Waals surface area contributed by atoms with Crippen LogP contribution in [0.2, 0.25) is 0 Å². The van der Waals surface area contributed by atoms with E-state index in [0.717, 1.165) is 25.7 Å². The summed E-state index contributed by atoms with van der Waals surface area (Å²) in [5, 5.41) is 3.24. The highest BCUT2D eigenvalue weighted by Crippen LogP contribution is 2.27. The molecule has 0 spiro atoms. The number of thioether (sulfide) groups is 1. The summed E-state index contributed by atoms with van der Waals surface area (Å²) < 4.78 is 0. The van der Waals surface area contributed by atoms with Gasteiger partial charge in [-0.15, -0.1) is 11.8 Å². The smallest absolute Gasteiger partial charge is 0.233 e. The third-order valence-corrected chi connectivity index (χ3v) is 5.24. The van der Waals surface area contributed by atoms with E-state index in [2.05, 4.69) is 36.5 Å². The lowest BCUT2D eigenvalue weighted by Crippen LogP contribution is -2.39. The molecule has 1 aliphatic carbocycles. The molecule has 3 heteroatoms. The summed E-state index contributed by atoms with van der Waals surface area (Å²) in [5.41, 5.74) is 0. The number of hydrogen-bond acceptors (Lipinski definition) is 2. The first-order valence-electron chi connectivity index (χ1n) is 8.48. The highest BCUT2D eigenvalue weighted by atomic mass is 32.2. The van der Waals surface area contributed by atoms with Crippen LogP contribution < -0.4 is 5.32 Å².